The van der Waals surface area contributed by atoms with Gasteiger partial charge in [0.2, 0.25) is 0 Å². The molecule has 1 saturated heterocycles. The molecule has 1 aliphatic rings. The van der Waals surface area contributed by atoms with E-state index in [2.05, 4.69) is 17.9 Å². The first-order valence-corrected chi connectivity index (χ1v) is 9.93. The average molecular weight is 377 g/mol. The summed E-state index contributed by atoms with van der Waals surface area (Å²) in [4.78, 5) is 17.0. The minimum absolute atomic E-state index is 0.0816. The number of nitriles is 1. The molecular formula is C23H27N3O2. The molecule has 1 aliphatic heterocycles. The van der Waals surface area contributed by atoms with Crippen molar-refractivity contribution in [2.75, 3.05) is 32.8 Å². The summed E-state index contributed by atoms with van der Waals surface area (Å²) in [7, 11) is 0. The van der Waals surface area contributed by atoms with Crippen LogP contribution in [0.25, 0.3) is 0 Å². The summed E-state index contributed by atoms with van der Waals surface area (Å²) < 4.78 is 5.66. The lowest BCUT2D eigenvalue weighted by Crippen LogP contribution is -2.48. The minimum atomic E-state index is 0.0816. The van der Waals surface area contributed by atoms with Crippen LogP contribution in [-0.2, 0) is 6.54 Å². The van der Waals surface area contributed by atoms with Gasteiger partial charge in [-0.05, 0) is 48.4 Å². The zero-order chi connectivity index (χ0) is 19.8. The van der Waals surface area contributed by atoms with Crippen molar-refractivity contribution in [1.29, 1.82) is 5.26 Å². The molecule has 5 nitrogen and oxygen atoms in total. The van der Waals surface area contributed by atoms with Crippen LogP contribution in [0.3, 0.4) is 0 Å². The van der Waals surface area contributed by atoms with E-state index in [-0.39, 0.29) is 5.91 Å². The van der Waals surface area contributed by atoms with Crippen molar-refractivity contribution in [2.24, 2.45) is 0 Å². The number of ether oxygens (including phenoxy) is 1. The first kappa shape index (κ1) is 19.9. The van der Waals surface area contributed by atoms with Crippen LogP contribution < -0.4 is 4.74 Å². The molecule has 5 heteroatoms. The highest BCUT2D eigenvalue weighted by molar-refractivity contribution is 5.94. The van der Waals surface area contributed by atoms with Gasteiger partial charge in [-0.15, -0.1) is 0 Å². The van der Waals surface area contributed by atoms with Crippen molar-refractivity contribution in [3.8, 4) is 11.8 Å². The summed E-state index contributed by atoms with van der Waals surface area (Å²) in [6.07, 6.45) is 2.14. The molecule has 0 aromatic heterocycles. The standard InChI is InChI=1S/C23H27N3O2/c1-2-3-16-28-22-10-8-21(9-11-22)23(27)26-14-12-25(13-15-26)18-20-6-4-19(17-24)5-7-20/h4-11H,2-3,12-16,18H2,1H3. The monoisotopic (exact) mass is 377 g/mol. The van der Waals surface area contributed by atoms with Gasteiger partial charge in [-0.25, -0.2) is 0 Å². The van der Waals surface area contributed by atoms with Crippen molar-refractivity contribution in [3.63, 3.8) is 0 Å². The van der Waals surface area contributed by atoms with Gasteiger partial charge in [0.15, 0.2) is 0 Å². The Hall–Kier alpha value is -2.84. The second kappa shape index (κ2) is 9.91. The van der Waals surface area contributed by atoms with Crippen LogP contribution in [0.5, 0.6) is 5.75 Å². The van der Waals surface area contributed by atoms with E-state index in [4.69, 9.17) is 10.00 Å². The molecule has 0 bridgehead atoms. The summed E-state index contributed by atoms with van der Waals surface area (Å²) >= 11 is 0. The maximum Gasteiger partial charge on any atom is 0.253 e. The Morgan fingerprint density at radius 3 is 2.32 bits per heavy atom. The van der Waals surface area contributed by atoms with Crippen LogP contribution in [-0.4, -0.2) is 48.5 Å². The Morgan fingerprint density at radius 1 is 1.04 bits per heavy atom. The summed E-state index contributed by atoms with van der Waals surface area (Å²) in [6, 6.07) is 17.3. The Bertz CT molecular complexity index is 801. The molecule has 3 rings (SSSR count). The molecule has 0 atom stereocenters. The van der Waals surface area contributed by atoms with Gasteiger partial charge >= 0.3 is 0 Å². The highest BCUT2D eigenvalue weighted by atomic mass is 16.5. The molecule has 0 aliphatic carbocycles. The van der Waals surface area contributed by atoms with Crippen LogP contribution in [0.15, 0.2) is 48.5 Å². The zero-order valence-electron chi connectivity index (χ0n) is 16.4. The number of rotatable bonds is 7. The predicted octanol–water partition coefficient (Wildman–Crippen LogP) is 3.70. The van der Waals surface area contributed by atoms with E-state index >= 15 is 0 Å². The van der Waals surface area contributed by atoms with Crippen molar-refractivity contribution in [3.05, 3.63) is 65.2 Å². The van der Waals surface area contributed by atoms with Gasteiger partial charge in [-0.2, -0.15) is 5.26 Å². The van der Waals surface area contributed by atoms with Gasteiger partial charge in [0, 0.05) is 38.3 Å². The lowest BCUT2D eigenvalue weighted by molar-refractivity contribution is 0.0628. The van der Waals surface area contributed by atoms with Crippen LogP contribution >= 0.6 is 0 Å². The number of hydrogen-bond donors (Lipinski definition) is 0. The fraction of sp³-hybridized carbons (Fsp3) is 0.391. The molecule has 0 saturated carbocycles. The topological polar surface area (TPSA) is 56.6 Å². The summed E-state index contributed by atoms with van der Waals surface area (Å²) in [6.45, 7) is 6.85. The molecule has 2 aromatic rings. The third kappa shape index (κ3) is 5.34. The van der Waals surface area contributed by atoms with E-state index < -0.39 is 0 Å². The van der Waals surface area contributed by atoms with E-state index in [1.54, 1.807) is 0 Å². The quantitative estimate of drug-likeness (QED) is 0.691. The molecule has 1 amide bonds. The highest BCUT2D eigenvalue weighted by Gasteiger charge is 2.22. The number of benzene rings is 2. The van der Waals surface area contributed by atoms with E-state index in [0.717, 1.165) is 51.3 Å². The van der Waals surface area contributed by atoms with E-state index in [0.29, 0.717) is 17.7 Å². The van der Waals surface area contributed by atoms with Gasteiger partial charge < -0.3 is 9.64 Å². The Kier molecular flexibility index (Phi) is 7.05. The normalized spacial score (nSPS) is 14.5. The smallest absolute Gasteiger partial charge is 0.253 e. The van der Waals surface area contributed by atoms with E-state index in [1.165, 1.54) is 5.56 Å². The molecule has 2 aromatic carbocycles. The molecular weight excluding hydrogens is 350 g/mol. The number of hydrogen-bond acceptors (Lipinski definition) is 4. The molecule has 0 unspecified atom stereocenters. The van der Waals surface area contributed by atoms with E-state index in [1.807, 2.05) is 53.4 Å². The number of piperazine rings is 1. The number of unbranched alkanes of at least 4 members (excludes halogenated alkanes) is 1. The Morgan fingerprint density at radius 2 is 1.71 bits per heavy atom. The number of nitrogens with zero attached hydrogens (tertiary/aromatic N) is 3. The Labute approximate surface area is 167 Å². The van der Waals surface area contributed by atoms with Crippen LogP contribution in [0.1, 0.15) is 41.3 Å². The Balaban J connectivity index is 1.48. The number of amides is 1. The summed E-state index contributed by atoms with van der Waals surface area (Å²) in [5.74, 6) is 0.898. The van der Waals surface area contributed by atoms with E-state index in [9.17, 15) is 4.79 Å². The maximum atomic E-state index is 12.7. The molecule has 28 heavy (non-hydrogen) atoms. The van der Waals surface area contributed by atoms with Crippen molar-refractivity contribution >= 4 is 5.91 Å². The van der Waals surface area contributed by atoms with Crippen LogP contribution in [0.4, 0.5) is 0 Å². The number of carbonyl (C=O) groups excluding carboxylic acids is 1. The van der Waals surface area contributed by atoms with Gasteiger partial charge in [-0.3, -0.25) is 9.69 Å². The second-order valence-electron chi connectivity index (χ2n) is 7.10. The molecule has 0 spiro atoms. The summed E-state index contributed by atoms with van der Waals surface area (Å²) in [5, 5.41) is 8.88. The minimum Gasteiger partial charge on any atom is -0.494 e. The summed E-state index contributed by atoms with van der Waals surface area (Å²) in [5.41, 5.74) is 2.58. The zero-order valence-corrected chi connectivity index (χ0v) is 16.4. The van der Waals surface area contributed by atoms with Gasteiger partial charge in [0.1, 0.15) is 5.75 Å². The molecule has 1 heterocycles. The van der Waals surface area contributed by atoms with Crippen LogP contribution in [0.2, 0.25) is 0 Å². The fourth-order valence-corrected chi connectivity index (χ4v) is 3.26. The first-order valence-electron chi connectivity index (χ1n) is 9.93. The lowest BCUT2D eigenvalue weighted by Gasteiger charge is -2.34. The fourth-order valence-electron chi connectivity index (χ4n) is 3.26. The largest absolute Gasteiger partial charge is 0.494 e. The van der Waals surface area contributed by atoms with Gasteiger partial charge in [0.25, 0.3) is 5.91 Å². The second-order valence-corrected chi connectivity index (χ2v) is 7.10. The van der Waals surface area contributed by atoms with Gasteiger partial charge in [-0.1, -0.05) is 25.5 Å². The SMILES string of the molecule is CCCCOc1ccc(C(=O)N2CCN(Cc3ccc(C#N)cc3)CC2)cc1. The first-order chi connectivity index (χ1) is 13.7. The lowest BCUT2D eigenvalue weighted by atomic mass is 10.1. The van der Waals surface area contributed by atoms with Crippen LogP contribution in [0, 0.1) is 11.3 Å². The van der Waals surface area contributed by atoms with Crippen molar-refractivity contribution < 1.29 is 9.53 Å². The third-order valence-electron chi connectivity index (χ3n) is 5.02. The molecule has 1 fully saturated rings. The molecule has 0 N–H and O–H groups in total. The average Bonchev–Trinajstić information content (AvgIpc) is 2.75. The van der Waals surface area contributed by atoms with Crippen molar-refractivity contribution in [2.45, 2.75) is 26.3 Å². The number of carbonyl (C=O) groups is 1. The predicted molar refractivity (Wildman–Crippen MR) is 109 cm³/mol. The van der Waals surface area contributed by atoms with Crippen molar-refractivity contribution in [1.82, 2.24) is 9.80 Å². The highest BCUT2D eigenvalue weighted by Crippen LogP contribution is 2.16. The molecule has 146 valence electrons. The third-order valence-corrected chi connectivity index (χ3v) is 5.02. The maximum absolute atomic E-state index is 12.7. The molecule has 0 radical (unpaired) electrons. The van der Waals surface area contributed by atoms with Gasteiger partial charge in [0.05, 0.1) is 18.2 Å².